The van der Waals surface area contributed by atoms with Crippen LogP contribution in [-0.4, -0.2) is 106 Å². The van der Waals surface area contributed by atoms with Gasteiger partial charge in [-0.15, -0.1) is 0 Å². The van der Waals surface area contributed by atoms with Gasteiger partial charge in [0.1, 0.15) is 20.9 Å². The Morgan fingerprint density at radius 1 is 0.478 bits per heavy atom. The lowest BCUT2D eigenvalue weighted by Crippen LogP contribution is -2.12. The van der Waals surface area contributed by atoms with Crippen molar-refractivity contribution >= 4 is 134 Å². The van der Waals surface area contributed by atoms with E-state index in [2.05, 4.69) is 153 Å². The third-order valence-corrected chi connectivity index (χ3v) is 18.5. The van der Waals surface area contributed by atoms with Gasteiger partial charge in [0.15, 0.2) is 56.3 Å². The fourth-order valence-electron chi connectivity index (χ4n) is 11.4. The fraction of sp³-hybridized carbons (Fsp3) is 0.173. The quantitative estimate of drug-likeness (QED) is 0.0351. The molecule has 4 amide bonds. The number of hydrogen-bond donors (Lipinski definition) is 8. The van der Waals surface area contributed by atoms with E-state index in [-0.39, 0.29) is 0 Å². The number of carbonyl (C=O) groups is 4. The van der Waals surface area contributed by atoms with E-state index in [1.165, 1.54) is 5.71 Å². The Morgan fingerprint density at radius 3 is 1.20 bits per heavy atom. The summed E-state index contributed by atoms with van der Waals surface area (Å²) in [5.41, 5.74) is 43.0. The average molecular weight is 1710 g/mol. The molecule has 11 heterocycles. The van der Waals surface area contributed by atoms with Gasteiger partial charge in [0.2, 0.25) is 23.6 Å². The van der Waals surface area contributed by atoms with Crippen molar-refractivity contribution < 1.29 is 19.2 Å². The molecule has 1 aliphatic rings. The highest BCUT2D eigenvalue weighted by molar-refractivity contribution is 9.11. The van der Waals surface area contributed by atoms with Crippen molar-refractivity contribution in [1.82, 2.24) is 76.6 Å². The van der Waals surface area contributed by atoms with E-state index in [0.717, 1.165) is 106 Å². The van der Waals surface area contributed by atoms with Crippen LogP contribution in [0.5, 0.6) is 0 Å². The van der Waals surface area contributed by atoms with Crippen LogP contribution in [-0.2, 0) is 26.2 Å². The van der Waals surface area contributed by atoms with Gasteiger partial charge >= 0.3 is 0 Å². The number of carbonyl (C=O) groups excluding carboxylic acids is 4. The zero-order valence-electron chi connectivity index (χ0n) is 63.3. The molecule has 0 spiro atoms. The summed E-state index contributed by atoms with van der Waals surface area (Å²) in [7, 11) is 0. The highest BCUT2D eigenvalue weighted by Gasteiger charge is 2.19. The van der Waals surface area contributed by atoms with E-state index < -0.39 is 23.6 Å². The lowest BCUT2D eigenvalue weighted by Gasteiger charge is -2.13. The molecule has 14 aromatic rings. The van der Waals surface area contributed by atoms with Gasteiger partial charge in [-0.05, 0) is 183 Å². The van der Waals surface area contributed by atoms with Crippen molar-refractivity contribution in [3.8, 4) is 11.6 Å². The second-order valence-electron chi connectivity index (χ2n) is 26.2. The summed E-state index contributed by atoms with van der Waals surface area (Å²) in [6.45, 7) is 29.7. The van der Waals surface area contributed by atoms with E-state index in [9.17, 15) is 19.2 Å². The summed E-state index contributed by atoms with van der Waals surface area (Å²) < 4.78 is 13.9. The minimum Gasteiger partial charge on any atom is -0.366 e. The average Bonchev–Trinajstić information content (AvgIpc) is 2.54. The van der Waals surface area contributed by atoms with Crippen LogP contribution in [0.2, 0.25) is 0 Å². The zero-order chi connectivity index (χ0) is 81.3. The Morgan fingerprint density at radius 2 is 0.841 bits per heavy atom. The molecule has 10 aromatic heterocycles. The van der Waals surface area contributed by atoms with Crippen molar-refractivity contribution in [2.75, 3.05) is 16.0 Å². The number of nitrogens with zero attached hydrogens (tertiary/aromatic N) is 17. The number of rotatable bonds is 20. The fourth-order valence-corrected chi connectivity index (χ4v) is 12.9. The first-order valence-electron chi connectivity index (χ1n) is 35.2. The smallest absolute Gasteiger partial charge is 0.248 e. The maximum atomic E-state index is 11.4. The number of aryl methyl sites for hydroxylation is 2. The second-order valence-corrected chi connectivity index (χ2v) is 28.6. The predicted octanol–water partition coefficient (Wildman–Crippen LogP) is 14.2. The van der Waals surface area contributed by atoms with Crippen LogP contribution in [0.3, 0.4) is 0 Å². The summed E-state index contributed by atoms with van der Waals surface area (Å²) >= 11 is 10.1. The largest absolute Gasteiger partial charge is 0.366 e. The number of benzene rings is 4. The predicted molar refractivity (Wildman–Crippen MR) is 454 cm³/mol. The molecule has 0 unspecified atom stereocenters. The molecule has 578 valence electrons. The van der Waals surface area contributed by atoms with Gasteiger partial charge in [-0.2, -0.15) is 0 Å². The zero-order valence-corrected chi connectivity index (χ0v) is 68.1. The normalized spacial score (nSPS) is 11.2. The van der Waals surface area contributed by atoms with Crippen LogP contribution >= 0.6 is 47.8 Å². The summed E-state index contributed by atoms with van der Waals surface area (Å²) in [4.78, 5) is 93.3. The molecule has 0 atom stereocenters. The second kappa shape index (κ2) is 37.7. The van der Waals surface area contributed by atoms with Crippen molar-refractivity contribution in [1.29, 1.82) is 0 Å². The number of aliphatic imine (C=N–C) groups is 1. The number of amides is 4. The number of allylic oxidation sites excluding steroid dienone is 4. The monoisotopic (exact) mass is 1710 g/mol. The molecule has 0 saturated heterocycles. The van der Waals surface area contributed by atoms with Gasteiger partial charge in [-0.1, -0.05) is 88.2 Å². The molecule has 15 rings (SSSR count). The Kier molecular flexibility index (Phi) is 27.5. The first kappa shape index (κ1) is 82.6. The standard InChI is InChI=1S/C21H23N7O.C21H21N7O.C17H16BrN5O.C9H7Br2N3.C8H10N2O.C5H7N/c2*1-13(2)17-11-25-21-20(24-10-15-5-4-6-16(9-15)19(22)29)26-18(12-28(17)21)27-8-7-23-14(27)3;1-10(2)13-8-21-17-16(22-14(18)9-23(13)17)20-7-11-4-3-5-12(6-11)15(19)24;1-5(2)6-3-12-9-8(11)13-7(10)4-14(6)9;9-5-6-2-1-3-7(4-6)8(10)11;1-5-3-2-4-6-5/h4-9,11-13H,10H2,1-3H3,(H2,22,29)(H,24,26);4-9,11-12H,1,10H2,2-3H3,(H2,22,29)(H,24,26);3-6,8-9H,1,7H2,2H3,(H2,19,24)(H,20,22);3-4H,1H2,2H3;1-4H,5,9H2,(H2,10,11);2,4H,3H2,1H3. The maximum Gasteiger partial charge on any atom is 0.248 e. The molecule has 0 aliphatic carbocycles. The number of primary amides is 4. The van der Waals surface area contributed by atoms with E-state index in [1.807, 2.05) is 144 Å². The molecule has 113 heavy (non-hydrogen) atoms. The van der Waals surface area contributed by atoms with Gasteiger partial charge in [0.25, 0.3) is 0 Å². The summed E-state index contributed by atoms with van der Waals surface area (Å²) in [6, 6.07) is 28.6. The first-order valence-corrected chi connectivity index (χ1v) is 37.6. The van der Waals surface area contributed by atoms with Gasteiger partial charge in [0.05, 0.1) is 48.1 Å². The van der Waals surface area contributed by atoms with Gasteiger partial charge in [-0.3, -0.25) is 50.9 Å². The molecule has 29 nitrogen and oxygen atoms in total. The lowest BCUT2D eigenvalue weighted by atomic mass is 10.1. The maximum absolute atomic E-state index is 11.4. The Hall–Kier alpha value is -12.9. The van der Waals surface area contributed by atoms with Crippen LogP contribution < -0.4 is 44.6 Å². The van der Waals surface area contributed by atoms with Crippen molar-refractivity contribution in [3.05, 3.63) is 296 Å². The highest BCUT2D eigenvalue weighted by Crippen LogP contribution is 2.28. The molecule has 0 fully saturated rings. The number of fused-ring (bicyclic) bond motifs is 4. The minimum atomic E-state index is -0.454. The minimum absolute atomic E-state index is 0.309. The molecule has 0 radical (unpaired) electrons. The molecule has 0 bridgehead atoms. The van der Waals surface area contributed by atoms with Crippen LogP contribution in [0, 0.1) is 13.8 Å². The van der Waals surface area contributed by atoms with Crippen molar-refractivity contribution in [2.45, 2.75) is 93.9 Å². The Balaban J connectivity index is 0.000000152. The molecular weight excluding hydrogens is 1630 g/mol. The number of nitrogens with two attached hydrogens (primary N) is 5. The number of hydrogen-bond acceptors (Lipinski definition) is 19. The van der Waals surface area contributed by atoms with E-state index in [4.69, 9.17) is 38.6 Å². The van der Waals surface area contributed by atoms with E-state index in [1.54, 1.807) is 97.7 Å². The number of anilines is 3. The summed E-state index contributed by atoms with van der Waals surface area (Å²) in [5, 5.41) is 9.95. The Labute approximate surface area is 676 Å². The third kappa shape index (κ3) is 21.0. The Bertz CT molecular complexity index is 5960. The summed E-state index contributed by atoms with van der Waals surface area (Å²) in [5.74, 6) is 3.60. The highest BCUT2D eigenvalue weighted by atomic mass is 79.9. The SMILES string of the molecule is C=C(C)c1cnc2c(Br)nc(Br)cn12.C=C(C)c1cnc2c(NCc3cccc(C(N)=O)c3)nc(-n3ccnc3C)cn12.C=C(C)c1cnc2c(NCc3cccc(C(N)=O)c3)nc(Br)cn12.CC1=NC=CC1.Cc1nccn1-c1cn2c(C(C)C)cnc2c(NCc2cccc(C(N)=O)c2)n1.NCc1cccc(C(N)=O)c1. The number of imidazole rings is 6. The van der Waals surface area contributed by atoms with Crippen LogP contribution in [0.25, 0.3) is 50.9 Å². The number of halogens is 3. The van der Waals surface area contributed by atoms with Crippen molar-refractivity contribution in [3.63, 3.8) is 0 Å². The van der Waals surface area contributed by atoms with Crippen molar-refractivity contribution in [2.24, 2.45) is 33.7 Å². The molecule has 13 N–H and O–H groups in total. The van der Waals surface area contributed by atoms with Gasteiger partial charge in [-0.25, -0.2) is 49.8 Å². The van der Waals surface area contributed by atoms with E-state index in [0.29, 0.717) is 93.5 Å². The van der Waals surface area contributed by atoms with Crippen LogP contribution in [0.15, 0.2) is 222 Å². The lowest BCUT2D eigenvalue weighted by molar-refractivity contribution is 0.0991. The van der Waals surface area contributed by atoms with Crippen LogP contribution in [0.4, 0.5) is 17.5 Å². The third-order valence-electron chi connectivity index (χ3n) is 17.2. The number of nitrogens with one attached hydrogen (secondary N) is 3. The van der Waals surface area contributed by atoms with Gasteiger partial charge in [0, 0.05) is 116 Å². The molecule has 1 aliphatic heterocycles. The molecule has 0 saturated carbocycles. The molecule has 4 aromatic carbocycles. The van der Waals surface area contributed by atoms with Gasteiger partial charge < -0.3 is 44.6 Å². The topological polar surface area (TPSA) is 403 Å². The molecule has 32 heteroatoms. The first-order chi connectivity index (χ1) is 54.0. The number of aromatic nitrogens is 16. The van der Waals surface area contributed by atoms with E-state index >= 15 is 0 Å². The molecular formula is C81H84Br3N25O4. The summed E-state index contributed by atoms with van der Waals surface area (Å²) in [6.07, 6.45) is 27.0. The van der Waals surface area contributed by atoms with Crippen LogP contribution in [0.1, 0.15) is 152 Å².